The van der Waals surface area contributed by atoms with Crippen LogP contribution in [0.4, 0.5) is 17.6 Å². The molecule has 0 spiro atoms. The Bertz CT molecular complexity index is 609. The lowest BCUT2D eigenvalue weighted by atomic mass is 10.0. The van der Waals surface area contributed by atoms with Gasteiger partial charge in [0.1, 0.15) is 11.6 Å². The molecule has 0 saturated carbocycles. The topological polar surface area (TPSA) is 25.2 Å². The van der Waals surface area contributed by atoms with E-state index in [-0.39, 0.29) is 5.56 Å². The van der Waals surface area contributed by atoms with Gasteiger partial charge in [0.25, 0.3) is 0 Å². The maximum atomic E-state index is 13.3. The Morgan fingerprint density at radius 2 is 1.90 bits per heavy atom. The second-order valence-electron chi connectivity index (χ2n) is 4.10. The lowest BCUT2D eigenvalue weighted by Gasteiger charge is -2.16. The lowest BCUT2D eigenvalue weighted by Crippen LogP contribution is -2.18. The summed E-state index contributed by atoms with van der Waals surface area (Å²) in [6.45, 7) is 0. The van der Waals surface area contributed by atoms with Crippen LogP contribution in [0.25, 0.3) is 0 Å². The van der Waals surface area contributed by atoms with E-state index in [2.05, 4.69) is 21.2 Å². The molecule has 0 saturated heterocycles. The molecule has 0 radical (unpaired) electrons. The number of halogens is 5. The number of furan rings is 1. The molecule has 1 aromatic carbocycles. The third-order valence-corrected chi connectivity index (χ3v) is 3.22. The summed E-state index contributed by atoms with van der Waals surface area (Å²) in [7, 11) is 1.58. The van der Waals surface area contributed by atoms with Crippen molar-refractivity contribution in [1.29, 1.82) is 0 Å². The van der Waals surface area contributed by atoms with Crippen LogP contribution < -0.4 is 5.32 Å². The number of benzene rings is 1. The minimum absolute atomic E-state index is 0.267. The van der Waals surface area contributed by atoms with E-state index < -0.39 is 23.6 Å². The van der Waals surface area contributed by atoms with E-state index in [1.54, 1.807) is 19.2 Å². The van der Waals surface area contributed by atoms with Gasteiger partial charge in [0.15, 0.2) is 4.67 Å². The molecule has 2 aromatic rings. The quantitative estimate of drug-likeness (QED) is 0.823. The number of nitrogens with one attached hydrogen (secondary N) is 1. The number of alkyl halides is 3. The average molecular weight is 352 g/mol. The van der Waals surface area contributed by atoms with Crippen molar-refractivity contribution in [2.45, 2.75) is 12.2 Å². The molecule has 1 N–H and O–H groups in total. The van der Waals surface area contributed by atoms with E-state index in [0.29, 0.717) is 10.4 Å². The fraction of sp³-hybridized carbons (Fsp3) is 0.231. The van der Waals surface area contributed by atoms with E-state index in [1.165, 1.54) is 6.07 Å². The second-order valence-corrected chi connectivity index (χ2v) is 4.88. The van der Waals surface area contributed by atoms with E-state index in [4.69, 9.17) is 4.42 Å². The molecule has 1 atom stereocenters. The molecule has 1 unspecified atom stereocenters. The van der Waals surface area contributed by atoms with Gasteiger partial charge in [-0.2, -0.15) is 13.2 Å². The summed E-state index contributed by atoms with van der Waals surface area (Å²) < 4.78 is 57.2. The van der Waals surface area contributed by atoms with Crippen molar-refractivity contribution in [3.8, 4) is 0 Å². The van der Waals surface area contributed by atoms with E-state index in [9.17, 15) is 17.6 Å². The van der Waals surface area contributed by atoms with Gasteiger partial charge in [-0.3, -0.25) is 0 Å². The lowest BCUT2D eigenvalue weighted by molar-refractivity contribution is -0.140. The van der Waals surface area contributed by atoms with Crippen LogP contribution >= 0.6 is 15.9 Å². The van der Waals surface area contributed by atoms with Gasteiger partial charge in [0.05, 0.1) is 11.6 Å². The van der Waals surface area contributed by atoms with Crippen LogP contribution in [0.3, 0.4) is 0 Å². The molecule has 1 aromatic heterocycles. The second kappa shape index (κ2) is 5.57. The third-order valence-electron chi connectivity index (χ3n) is 2.80. The van der Waals surface area contributed by atoms with Crippen molar-refractivity contribution in [3.05, 3.63) is 57.7 Å². The fourth-order valence-electron chi connectivity index (χ4n) is 1.90. The van der Waals surface area contributed by atoms with Gasteiger partial charge < -0.3 is 9.73 Å². The molecule has 0 bridgehead atoms. The van der Waals surface area contributed by atoms with Crippen molar-refractivity contribution < 1.29 is 22.0 Å². The Morgan fingerprint density at radius 3 is 2.40 bits per heavy atom. The van der Waals surface area contributed by atoms with Crippen molar-refractivity contribution >= 4 is 15.9 Å². The normalized spacial score (nSPS) is 13.5. The van der Waals surface area contributed by atoms with Crippen LogP contribution in [0, 0.1) is 5.82 Å². The monoisotopic (exact) mass is 351 g/mol. The highest BCUT2D eigenvalue weighted by Gasteiger charge is 2.35. The predicted molar refractivity (Wildman–Crippen MR) is 68.7 cm³/mol. The zero-order valence-electron chi connectivity index (χ0n) is 10.3. The Kier molecular flexibility index (Phi) is 4.19. The summed E-state index contributed by atoms with van der Waals surface area (Å²) >= 11 is 3.13. The Hall–Kier alpha value is -1.34. The molecule has 0 fully saturated rings. The van der Waals surface area contributed by atoms with Gasteiger partial charge in [0.2, 0.25) is 0 Å². The zero-order chi connectivity index (χ0) is 14.9. The molecule has 0 aliphatic heterocycles. The van der Waals surface area contributed by atoms with Gasteiger partial charge in [-0.15, -0.1) is 0 Å². The number of rotatable bonds is 3. The Labute approximate surface area is 120 Å². The van der Waals surface area contributed by atoms with Crippen LogP contribution in [0.5, 0.6) is 0 Å². The van der Waals surface area contributed by atoms with Gasteiger partial charge in [-0.25, -0.2) is 4.39 Å². The highest BCUT2D eigenvalue weighted by atomic mass is 79.9. The van der Waals surface area contributed by atoms with Gasteiger partial charge in [-0.05, 0) is 52.8 Å². The maximum Gasteiger partial charge on any atom is 0.419 e. The molecule has 0 amide bonds. The third kappa shape index (κ3) is 3.04. The summed E-state index contributed by atoms with van der Waals surface area (Å²) in [5.74, 6) is -0.865. The molecule has 20 heavy (non-hydrogen) atoms. The molecule has 0 aliphatic carbocycles. The summed E-state index contributed by atoms with van der Waals surface area (Å²) in [5, 5.41) is 2.84. The van der Waals surface area contributed by atoms with Crippen LogP contribution in [-0.4, -0.2) is 7.05 Å². The Morgan fingerprint density at radius 1 is 1.20 bits per heavy atom. The number of hydrogen-bond donors (Lipinski definition) is 1. The fourth-order valence-corrected chi connectivity index (χ4v) is 2.22. The van der Waals surface area contributed by atoms with Crippen molar-refractivity contribution in [3.63, 3.8) is 0 Å². The zero-order valence-corrected chi connectivity index (χ0v) is 11.8. The van der Waals surface area contributed by atoms with Crippen LogP contribution in [-0.2, 0) is 6.18 Å². The van der Waals surface area contributed by atoms with Crippen LogP contribution in [0.2, 0.25) is 0 Å². The first-order valence-corrected chi connectivity index (χ1v) is 6.41. The van der Waals surface area contributed by atoms with Crippen LogP contribution in [0.1, 0.15) is 22.9 Å². The summed E-state index contributed by atoms with van der Waals surface area (Å²) in [6.07, 6.45) is -4.73. The first kappa shape index (κ1) is 15.1. The van der Waals surface area contributed by atoms with Crippen LogP contribution in [0.15, 0.2) is 39.4 Å². The first-order valence-electron chi connectivity index (χ1n) is 5.62. The average Bonchev–Trinajstić information content (AvgIpc) is 2.77. The molecule has 108 valence electrons. The molecule has 2 nitrogen and oxygen atoms in total. The smallest absolute Gasteiger partial charge is 0.419 e. The first-order chi connectivity index (χ1) is 9.32. The molecule has 2 rings (SSSR count). The predicted octanol–water partition coefficient (Wildman–Crippen LogP) is 4.51. The summed E-state index contributed by atoms with van der Waals surface area (Å²) in [6, 6.07) is 5.55. The molecular weight excluding hydrogens is 342 g/mol. The van der Waals surface area contributed by atoms with Crippen molar-refractivity contribution in [1.82, 2.24) is 5.32 Å². The van der Waals surface area contributed by atoms with Gasteiger partial charge >= 0.3 is 6.18 Å². The van der Waals surface area contributed by atoms with Crippen molar-refractivity contribution in [2.75, 3.05) is 7.05 Å². The highest BCUT2D eigenvalue weighted by molar-refractivity contribution is 9.10. The van der Waals surface area contributed by atoms with E-state index >= 15 is 0 Å². The molecular formula is C13H10BrF4NO. The Balaban J connectivity index is 2.46. The maximum absolute atomic E-state index is 13.3. The minimum atomic E-state index is -4.73. The largest absolute Gasteiger partial charge is 0.452 e. The highest BCUT2D eigenvalue weighted by Crippen LogP contribution is 2.34. The van der Waals surface area contributed by atoms with Gasteiger partial charge in [0, 0.05) is 0 Å². The molecule has 1 heterocycles. The minimum Gasteiger partial charge on any atom is -0.452 e. The summed E-state index contributed by atoms with van der Waals surface area (Å²) in [4.78, 5) is 0. The molecule has 7 heteroatoms. The standard InChI is InChI=1S/C13H10BrF4NO/c1-19-12(10-4-5-11(14)20-10)7-2-3-9(15)8(6-7)13(16,17)18/h2-6,12,19H,1H3. The summed E-state index contributed by atoms with van der Waals surface area (Å²) in [5.41, 5.74) is -1.02. The number of hydrogen-bond acceptors (Lipinski definition) is 2. The SMILES string of the molecule is CNC(c1ccc(F)c(C(F)(F)F)c1)c1ccc(Br)o1. The van der Waals surface area contributed by atoms with E-state index in [1.807, 2.05) is 0 Å². The van der Waals surface area contributed by atoms with Gasteiger partial charge in [-0.1, -0.05) is 6.07 Å². The molecule has 0 aliphatic rings. The van der Waals surface area contributed by atoms with E-state index in [0.717, 1.165) is 12.1 Å². The van der Waals surface area contributed by atoms with Crippen molar-refractivity contribution in [2.24, 2.45) is 0 Å².